The minimum atomic E-state index is -1.02. The van der Waals surface area contributed by atoms with Crippen LogP contribution in [0.25, 0.3) is 11.1 Å². The first-order chi connectivity index (χ1) is 9.40. The molecule has 0 radical (unpaired) electrons. The molecule has 104 valence electrons. The third kappa shape index (κ3) is 2.78. The molecule has 0 unspecified atom stereocenters. The van der Waals surface area contributed by atoms with Crippen molar-refractivity contribution in [1.29, 1.82) is 0 Å². The lowest BCUT2D eigenvalue weighted by Crippen LogP contribution is -2.05. The Morgan fingerprint density at radius 2 is 1.80 bits per heavy atom. The van der Waals surface area contributed by atoms with Crippen LogP contribution < -0.4 is 5.73 Å². The number of carbonyl (C=O) groups is 1. The van der Waals surface area contributed by atoms with Crippen molar-refractivity contribution in [2.45, 2.75) is 19.8 Å². The number of aromatic carboxylic acids is 1. The van der Waals surface area contributed by atoms with Gasteiger partial charge < -0.3 is 10.8 Å². The van der Waals surface area contributed by atoms with Gasteiger partial charge in [0.05, 0.1) is 5.56 Å². The number of carboxylic acids is 1. The first-order valence-electron chi connectivity index (χ1n) is 6.32. The number of carboxylic acid groups (broad SMARTS) is 1. The summed E-state index contributed by atoms with van der Waals surface area (Å²) in [6.45, 7) is 4.10. The quantitative estimate of drug-likeness (QED) is 0.823. The highest BCUT2D eigenvalue weighted by Crippen LogP contribution is 2.33. The van der Waals surface area contributed by atoms with Crippen LogP contribution in [0.2, 0.25) is 5.02 Å². The van der Waals surface area contributed by atoms with Gasteiger partial charge in [-0.15, -0.1) is 0 Å². The Bertz CT molecular complexity index is 648. The Labute approximate surface area is 123 Å². The van der Waals surface area contributed by atoms with E-state index in [9.17, 15) is 9.90 Å². The molecule has 3 N–H and O–H groups in total. The Kier molecular flexibility index (Phi) is 4.00. The van der Waals surface area contributed by atoms with Crippen molar-refractivity contribution in [1.82, 2.24) is 0 Å². The Hall–Kier alpha value is -2.00. The minimum Gasteiger partial charge on any atom is -0.478 e. The summed E-state index contributed by atoms with van der Waals surface area (Å²) >= 11 is 5.89. The van der Waals surface area contributed by atoms with E-state index in [-0.39, 0.29) is 11.5 Å². The number of hydrogen-bond donors (Lipinski definition) is 2. The molecule has 3 nitrogen and oxygen atoms in total. The smallest absolute Gasteiger partial charge is 0.337 e. The molecular formula is C16H16ClNO2. The van der Waals surface area contributed by atoms with Crippen LogP contribution >= 0.6 is 11.6 Å². The molecule has 0 saturated heterocycles. The fraction of sp³-hybridized carbons (Fsp3) is 0.188. The average molecular weight is 290 g/mol. The maximum atomic E-state index is 11.2. The van der Waals surface area contributed by atoms with Gasteiger partial charge in [-0.05, 0) is 46.9 Å². The third-order valence-corrected chi connectivity index (χ3v) is 3.48. The van der Waals surface area contributed by atoms with Crippen LogP contribution in [-0.2, 0) is 0 Å². The molecule has 20 heavy (non-hydrogen) atoms. The Morgan fingerprint density at radius 3 is 2.30 bits per heavy atom. The van der Waals surface area contributed by atoms with E-state index >= 15 is 0 Å². The van der Waals surface area contributed by atoms with Crippen LogP contribution in [0.15, 0.2) is 36.4 Å². The van der Waals surface area contributed by atoms with Crippen molar-refractivity contribution in [3.63, 3.8) is 0 Å². The van der Waals surface area contributed by atoms with Gasteiger partial charge in [0.25, 0.3) is 0 Å². The summed E-state index contributed by atoms with van der Waals surface area (Å²) in [5, 5.41) is 9.86. The number of hydrogen-bond acceptors (Lipinski definition) is 2. The van der Waals surface area contributed by atoms with Gasteiger partial charge in [-0.1, -0.05) is 37.6 Å². The molecule has 0 atom stereocenters. The highest BCUT2D eigenvalue weighted by molar-refractivity contribution is 6.30. The highest BCUT2D eigenvalue weighted by atomic mass is 35.5. The summed E-state index contributed by atoms with van der Waals surface area (Å²) in [6, 6.07) is 10.7. The number of benzene rings is 2. The molecule has 0 aliphatic carbocycles. The predicted octanol–water partition coefficient (Wildman–Crippen LogP) is 4.41. The molecule has 2 rings (SSSR count). The number of halogens is 1. The molecule has 0 fully saturated rings. The van der Waals surface area contributed by atoms with Crippen LogP contribution in [0.5, 0.6) is 0 Å². The van der Waals surface area contributed by atoms with Crippen LogP contribution in [0.4, 0.5) is 5.69 Å². The normalized spacial score (nSPS) is 10.8. The van der Waals surface area contributed by atoms with E-state index in [1.165, 1.54) is 0 Å². The van der Waals surface area contributed by atoms with Crippen LogP contribution in [-0.4, -0.2) is 11.1 Å². The lowest BCUT2D eigenvalue weighted by molar-refractivity contribution is 0.0698. The molecule has 0 aromatic heterocycles. The summed E-state index contributed by atoms with van der Waals surface area (Å²) in [4.78, 5) is 11.2. The molecule has 0 aliphatic heterocycles. The maximum absolute atomic E-state index is 11.2. The van der Waals surface area contributed by atoms with Gasteiger partial charge in [-0.2, -0.15) is 0 Å². The first kappa shape index (κ1) is 14.4. The second-order valence-corrected chi connectivity index (χ2v) is 5.43. The maximum Gasteiger partial charge on any atom is 0.337 e. The van der Waals surface area contributed by atoms with Crippen molar-refractivity contribution in [2.75, 3.05) is 5.73 Å². The van der Waals surface area contributed by atoms with Gasteiger partial charge in [-0.3, -0.25) is 0 Å². The largest absolute Gasteiger partial charge is 0.478 e. The molecule has 0 aliphatic rings. The van der Waals surface area contributed by atoms with Gasteiger partial charge in [-0.25, -0.2) is 4.79 Å². The van der Waals surface area contributed by atoms with E-state index in [4.69, 9.17) is 17.3 Å². The second-order valence-electron chi connectivity index (χ2n) is 4.99. The summed E-state index contributed by atoms with van der Waals surface area (Å²) in [5.74, 6) is -0.779. The Morgan fingerprint density at radius 1 is 1.20 bits per heavy atom. The van der Waals surface area contributed by atoms with Crippen molar-refractivity contribution in [3.05, 3.63) is 52.5 Å². The van der Waals surface area contributed by atoms with Gasteiger partial charge in [0, 0.05) is 10.7 Å². The van der Waals surface area contributed by atoms with E-state index in [1.807, 2.05) is 12.1 Å². The molecule has 0 saturated carbocycles. The number of anilines is 1. The zero-order valence-electron chi connectivity index (χ0n) is 11.4. The highest BCUT2D eigenvalue weighted by Gasteiger charge is 2.16. The summed E-state index contributed by atoms with van der Waals surface area (Å²) in [5.41, 5.74) is 9.08. The summed E-state index contributed by atoms with van der Waals surface area (Å²) in [6.07, 6.45) is 0. The molecule has 4 heteroatoms. The van der Waals surface area contributed by atoms with Crippen LogP contribution in [0, 0.1) is 0 Å². The van der Waals surface area contributed by atoms with Gasteiger partial charge >= 0.3 is 5.97 Å². The standard InChI is InChI=1S/C16H16ClNO2/c1-9(2)12-8-15(18)14(16(19)20)7-13(12)10-3-5-11(17)6-4-10/h3-9H,18H2,1-2H3,(H,19,20). The minimum absolute atomic E-state index is 0.124. The van der Waals surface area contributed by atoms with Crippen LogP contribution in [0.1, 0.15) is 35.7 Å². The van der Waals surface area contributed by atoms with E-state index in [1.54, 1.807) is 24.3 Å². The monoisotopic (exact) mass is 289 g/mol. The molecule has 0 bridgehead atoms. The van der Waals surface area contributed by atoms with Gasteiger partial charge in [0.15, 0.2) is 0 Å². The summed E-state index contributed by atoms with van der Waals surface area (Å²) < 4.78 is 0. The molecule has 0 heterocycles. The molecule has 0 amide bonds. The fourth-order valence-corrected chi connectivity index (χ4v) is 2.30. The van der Waals surface area contributed by atoms with E-state index in [0.29, 0.717) is 10.7 Å². The SMILES string of the molecule is CC(C)c1cc(N)c(C(=O)O)cc1-c1ccc(Cl)cc1. The second kappa shape index (κ2) is 5.55. The molecule has 0 spiro atoms. The zero-order valence-corrected chi connectivity index (χ0v) is 12.1. The molecule has 2 aromatic carbocycles. The lowest BCUT2D eigenvalue weighted by atomic mass is 9.90. The number of rotatable bonds is 3. The van der Waals surface area contributed by atoms with Gasteiger partial charge in [0.2, 0.25) is 0 Å². The van der Waals surface area contributed by atoms with E-state index in [0.717, 1.165) is 16.7 Å². The Balaban J connectivity index is 2.68. The van der Waals surface area contributed by atoms with Crippen molar-refractivity contribution < 1.29 is 9.90 Å². The predicted molar refractivity (Wildman–Crippen MR) is 82.3 cm³/mol. The first-order valence-corrected chi connectivity index (χ1v) is 6.70. The van der Waals surface area contributed by atoms with Crippen molar-refractivity contribution in [3.8, 4) is 11.1 Å². The molecular weight excluding hydrogens is 274 g/mol. The number of nitrogens with two attached hydrogens (primary N) is 1. The van der Waals surface area contributed by atoms with E-state index in [2.05, 4.69) is 13.8 Å². The number of nitrogen functional groups attached to an aromatic ring is 1. The third-order valence-electron chi connectivity index (χ3n) is 3.23. The van der Waals surface area contributed by atoms with Crippen molar-refractivity contribution in [2.24, 2.45) is 0 Å². The van der Waals surface area contributed by atoms with Crippen LogP contribution in [0.3, 0.4) is 0 Å². The van der Waals surface area contributed by atoms with E-state index < -0.39 is 5.97 Å². The topological polar surface area (TPSA) is 63.3 Å². The summed E-state index contributed by atoms with van der Waals surface area (Å²) in [7, 11) is 0. The zero-order chi connectivity index (χ0) is 14.9. The van der Waals surface area contributed by atoms with Gasteiger partial charge in [0.1, 0.15) is 0 Å². The average Bonchev–Trinajstić information content (AvgIpc) is 2.39. The lowest BCUT2D eigenvalue weighted by Gasteiger charge is -2.16. The fourth-order valence-electron chi connectivity index (χ4n) is 2.18. The van der Waals surface area contributed by atoms with Crippen molar-refractivity contribution >= 4 is 23.3 Å². The molecule has 2 aromatic rings.